The van der Waals surface area contributed by atoms with Crippen molar-refractivity contribution in [1.29, 1.82) is 0 Å². The summed E-state index contributed by atoms with van der Waals surface area (Å²) in [6, 6.07) is 13.6. The summed E-state index contributed by atoms with van der Waals surface area (Å²) < 4.78 is 6.19. The van der Waals surface area contributed by atoms with Crippen LogP contribution in [0.25, 0.3) is 0 Å². The molecule has 114 valence electrons. The van der Waals surface area contributed by atoms with Crippen LogP contribution >= 0.6 is 27.5 Å². The number of hydrogen-bond acceptors (Lipinski definition) is 3. The van der Waals surface area contributed by atoms with E-state index in [0.717, 1.165) is 4.47 Å². The molecule has 2 rings (SSSR count). The van der Waals surface area contributed by atoms with Gasteiger partial charge in [-0.15, -0.1) is 0 Å². The van der Waals surface area contributed by atoms with Gasteiger partial charge in [-0.2, -0.15) is 0 Å². The fourth-order valence-electron chi connectivity index (χ4n) is 1.55. The molecule has 0 fully saturated rings. The average Bonchev–Trinajstić information content (AvgIpc) is 2.52. The molecule has 0 radical (unpaired) electrons. The summed E-state index contributed by atoms with van der Waals surface area (Å²) in [4.78, 5) is 23.4. The fourth-order valence-corrected chi connectivity index (χ4v) is 2.04. The first-order valence-electron chi connectivity index (χ1n) is 6.28. The maximum Gasteiger partial charge on any atom is 0.276 e. The lowest BCUT2D eigenvalue weighted by Crippen LogP contribution is -2.43. The normalized spacial score (nSPS) is 9.91. The number of carbonyl (C=O) groups is 2. The minimum Gasteiger partial charge on any atom is -0.484 e. The van der Waals surface area contributed by atoms with Crippen LogP contribution in [-0.4, -0.2) is 18.4 Å². The zero-order chi connectivity index (χ0) is 15.9. The third-order valence-electron chi connectivity index (χ3n) is 2.62. The Morgan fingerprint density at radius 2 is 1.73 bits per heavy atom. The zero-order valence-electron chi connectivity index (χ0n) is 11.3. The Morgan fingerprint density at radius 3 is 2.41 bits per heavy atom. The van der Waals surface area contributed by atoms with E-state index in [1.165, 1.54) is 0 Å². The quantitative estimate of drug-likeness (QED) is 0.798. The Labute approximate surface area is 140 Å². The highest BCUT2D eigenvalue weighted by Gasteiger charge is 2.10. The molecular weight excluding hydrogens is 372 g/mol. The monoisotopic (exact) mass is 382 g/mol. The second-order valence-electron chi connectivity index (χ2n) is 4.22. The third-order valence-corrected chi connectivity index (χ3v) is 3.48. The van der Waals surface area contributed by atoms with Gasteiger partial charge in [-0.3, -0.25) is 20.4 Å². The molecule has 0 bridgehead atoms. The molecule has 22 heavy (non-hydrogen) atoms. The van der Waals surface area contributed by atoms with Crippen molar-refractivity contribution < 1.29 is 14.3 Å². The van der Waals surface area contributed by atoms with Gasteiger partial charge in [0.05, 0.1) is 10.6 Å². The fraction of sp³-hybridized carbons (Fsp3) is 0.0667. The van der Waals surface area contributed by atoms with Crippen LogP contribution in [0.2, 0.25) is 5.02 Å². The molecule has 0 saturated heterocycles. The highest BCUT2D eigenvalue weighted by atomic mass is 79.9. The van der Waals surface area contributed by atoms with Gasteiger partial charge in [0.2, 0.25) is 0 Å². The number of carbonyl (C=O) groups excluding carboxylic acids is 2. The van der Waals surface area contributed by atoms with Gasteiger partial charge >= 0.3 is 0 Å². The van der Waals surface area contributed by atoms with Crippen LogP contribution in [-0.2, 0) is 4.79 Å². The van der Waals surface area contributed by atoms with Crippen molar-refractivity contribution in [2.75, 3.05) is 6.61 Å². The Morgan fingerprint density at radius 1 is 1.05 bits per heavy atom. The second kappa shape index (κ2) is 7.82. The molecule has 0 saturated carbocycles. The van der Waals surface area contributed by atoms with Gasteiger partial charge in [0.15, 0.2) is 6.61 Å². The smallest absolute Gasteiger partial charge is 0.276 e. The lowest BCUT2D eigenvalue weighted by molar-refractivity contribution is -0.123. The zero-order valence-corrected chi connectivity index (χ0v) is 13.6. The van der Waals surface area contributed by atoms with E-state index in [1.54, 1.807) is 48.5 Å². The summed E-state index contributed by atoms with van der Waals surface area (Å²) in [5.74, 6) is -0.429. The number of halogens is 2. The predicted octanol–water partition coefficient (Wildman–Crippen LogP) is 2.94. The Hall–Kier alpha value is -2.05. The Bertz CT molecular complexity index is 677. The summed E-state index contributed by atoms with van der Waals surface area (Å²) in [5, 5.41) is 0.306. The minimum atomic E-state index is -0.498. The molecule has 0 aromatic heterocycles. The number of hydrazine groups is 1. The van der Waals surface area contributed by atoms with E-state index in [-0.39, 0.29) is 12.2 Å². The van der Waals surface area contributed by atoms with Crippen LogP contribution in [0.4, 0.5) is 0 Å². The maximum absolute atomic E-state index is 11.8. The molecule has 7 heteroatoms. The molecule has 0 heterocycles. The third kappa shape index (κ3) is 4.75. The number of benzene rings is 2. The van der Waals surface area contributed by atoms with E-state index in [1.807, 2.05) is 0 Å². The van der Waals surface area contributed by atoms with Crippen LogP contribution in [0.1, 0.15) is 10.4 Å². The minimum absolute atomic E-state index is 0.218. The first kappa shape index (κ1) is 16.3. The lowest BCUT2D eigenvalue weighted by Gasteiger charge is -2.09. The highest BCUT2D eigenvalue weighted by molar-refractivity contribution is 9.10. The molecule has 2 N–H and O–H groups in total. The summed E-state index contributed by atoms with van der Waals surface area (Å²) in [5.41, 5.74) is 4.81. The van der Waals surface area contributed by atoms with E-state index < -0.39 is 11.8 Å². The number of rotatable bonds is 4. The standard InChI is InChI=1S/C15H12BrClN2O3/c16-10-5-7-11(8-6-10)22-9-14(20)18-19-15(21)12-3-1-2-4-13(12)17/h1-8H,9H2,(H,18,20)(H,19,21). The molecule has 5 nitrogen and oxygen atoms in total. The van der Waals surface area contributed by atoms with Gasteiger partial charge in [0, 0.05) is 4.47 Å². The molecule has 0 aliphatic rings. The van der Waals surface area contributed by atoms with E-state index in [0.29, 0.717) is 10.8 Å². The van der Waals surface area contributed by atoms with Crippen LogP contribution in [0.3, 0.4) is 0 Å². The molecule has 2 amide bonds. The van der Waals surface area contributed by atoms with Crippen molar-refractivity contribution in [3.8, 4) is 5.75 Å². The van der Waals surface area contributed by atoms with E-state index in [2.05, 4.69) is 26.8 Å². The second-order valence-corrected chi connectivity index (χ2v) is 5.55. The highest BCUT2D eigenvalue weighted by Crippen LogP contribution is 2.16. The maximum atomic E-state index is 11.8. The topological polar surface area (TPSA) is 67.4 Å². The SMILES string of the molecule is O=C(COc1ccc(Br)cc1)NNC(=O)c1ccccc1Cl. The summed E-state index contributed by atoms with van der Waals surface area (Å²) in [7, 11) is 0. The molecule has 0 aliphatic carbocycles. The van der Waals surface area contributed by atoms with Gasteiger partial charge in [0.1, 0.15) is 5.75 Å². The molecule has 2 aromatic carbocycles. The first-order valence-corrected chi connectivity index (χ1v) is 7.45. The van der Waals surface area contributed by atoms with Crippen molar-refractivity contribution in [2.24, 2.45) is 0 Å². The van der Waals surface area contributed by atoms with E-state index >= 15 is 0 Å². The Kier molecular flexibility index (Phi) is 5.80. The number of amides is 2. The average molecular weight is 384 g/mol. The summed E-state index contributed by atoms with van der Waals surface area (Å²) in [6.45, 7) is -0.218. The van der Waals surface area contributed by atoms with Gasteiger partial charge in [0.25, 0.3) is 11.8 Å². The van der Waals surface area contributed by atoms with Crippen LogP contribution in [0.15, 0.2) is 53.0 Å². The molecule has 2 aromatic rings. The van der Waals surface area contributed by atoms with Crippen molar-refractivity contribution in [3.05, 3.63) is 63.6 Å². The summed E-state index contributed by atoms with van der Waals surface area (Å²) in [6.07, 6.45) is 0. The number of ether oxygens (including phenoxy) is 1. The van der Waals surface area contributed by atoms with Crippen molar-refractivity contribution in [1.82, 2.24) is 10.9 Å². The molecule has 0 spiro atoms. The lowest BCUT2D eigenvalue weighted by atomic mass is 10.2. The van der Waals surface area contributed by atoms with Crippen molar-refractivity contribution >= 4 is 39.3 Å². The summed E-state index contributed by atoms with van der Waals surface area (Å²) >= 11 is 9.19. The van der Waals surface area contributed by atoms with Gasteiger partial charge < -0.3 is 4.74 Å². The number of hydrogen-bond donors (Lipinski definition) is 2. The molecular formula is C15H12BrClN2O3. The van der Waals surface area contributed by atoms with Crippen LogP contribution in [0.5, 0.6) is 5.75 Å². The van der Waals surface area contributed by atoms with Gasteiger partial charge in [-0.25, -0.2) is 0 Å². The molecule has 0 unspecified atom stereocenters. The van der Waals surface area contributed by atoms with E-state index in [9.17, 15) is 9.59 Å². The van der Waals surface area contributed by atoms with Crippen molar-refractivity contribution in [2.45, 2.75) is 0 Å². The van der Waals surface area contributed by atoms with E-state index in [4.69, 9.17) is 16.3 Å². The number of nitrogens with one attached hydrogen (secondary N) is 2. The van der Waals surface area contributed by atoms with Crippen molar-refractivity contribution in [3.63, 3.8) is 0 Å². The first-order chi connectivity index (χ1) is 10.6. The van der Waals surface area contributed by atoms with Gasteiger partial charge in [-0.1, -0.05) is 39.7 Å². The van der Waals surface area contributed by atoms with Crippen LogP contribution in [0, 0.1) is 0 Å². The molecule has 0 atom stereocenters. The predicted molar refractivity (Wildman–Crippen MR) is 86.7 cm³/mol. The largest absolute Gasteiger partial charge is 0.484 e. The van der Waals surface area contributed by atoms with Crippen LogP contribution < -0.4 is 15.6 Å². The van der Waals surface area contributed by atoms with Gasteiger partial charge in [-0.05, 0) is 36.4 Å². The Balaban J connectivity index is 1.79. The molecule has 0 aliphatic heterocycles.